The highest BCUT2D eigenvalue weighted by atomic mass is 19.4. The molecule has 1 aromatic heterocycles. The molecule has 0 spiro atoms. The lowest BCUT2D eigenvalue weighted by molar-refractivity contribution is -0.140. The highest BCUT2D eigenvalue weighted by Gasteiger charge is 2.35. The number of nitrogens with zero attached hydrogens (tertiary/aromatic N) is 1. The fourth-order valence-corrected chi connectivity index (χ4v) is 1.34. The van der Waals surface area contributed by atoms with Crippen LogP contribution >= 0.6 is 0 Å². The van der Waals surface area contributed by atoms with Crippen molar-refractivity contribution in [2.75, 3.05) is 11.9 Å². The standard InChI is InChI=1S/C11H12F3N3O3/c12-11(13,14)9-7(3-1-5-15-9)17-10(20)16-6-2-4-8(18)19/h1,3,5H,2,4,6H2,(H,18,19)(H2,16,17,20). The highest BCUT2D eigenvalue weighted by molar-refractivity contribution is 5.89. The van der Waals surface area contributed by atoms with E-state index in [0.717, 1.165) is 12.3 Å². The molecule has 0 radical (unpaired) electrons. The van der Waals surface area contributed by atoms with Gasteiger partial charge in [-0.15, -0.1) is 0 Å². The number of urea groups is 1. The number of anilines is 1. The number of carboxylic acid groups (broad SMARTS) is 1. The van der Waals surface area contributed by atoms with Gasteiger partial charge in [-0.2, -0.15) is 13.2 Å². The van der Waals surface area contributed by atoms with Crippen LogP contribution in [0.15, 0.2) is 18.3 Å². The minimum Gasteiger partial charge on any atom is -0.481 e. The van der Waals surface area contributed by atoms with Crippen LogP contribution in [0.4, 0.5) is 23.7 Å². The fourth-order valence-electron chi connectivity index (χ4n) is 1.34. The quantitative estimate of drug-likeness (QED) is 0.724. The molecule has 1 heterocycles. The average molecular weight is 291 g/mol. The van der Waals surface area contributed by atoms with Crippen LogP contribution in [0.1, 0.15) is 18.5 Å². The zero-order valence-corrected chi connectivity index (χ0v) is 10.2. The number of aliphatic carboxylic acids is 1. The number of hydrogen-bond donors (Lipinski definition) is 3. The number of carboxylic acids is 1. The monoisotopic (exact) mass is 291 g/mol. The fraction of sp³-hybridized carbons (Fsp3) is 0.364. The number of alkyl halides is 3. The summed E-state index contributed by atoms with van der Waals surface area (Å²) in [4.78, 5) is 24.8. The first-order chi connectivity index (χ1) is 9.30. The molecule has 9 heteroatoms. The predicted octanol–water partition coefficient (Wildman–Crippen LogP) is 2.09. The molecule has 6 nitrogen and oxygen atoms in total. The van der Waals surface area contributed by atoms with Crippen LogP contribution in [-0.2, 0) is 11.0 Å². The van der Waals surface area contributed by atoms with Crippen molar-refractivity contribution in [2.24, 2.45) is 0 Å². The molecule has 1 aromatic rings. The molecule has 0 unspecified atom stereocenters. The minimum atomic E-state index is -4.67. The van der Waals surface area contributed by atoms with Crippen LogP contribution in [0.2, 0.25) is 0 Å². The summed E-state index contributed by atoms with van der Waals surface area (Å²) in [7, 11) is 0. The molecule has 0 aliphatic heterocycles. The Morgan fingerprint density at radius 1 is 1.35 bits per heavy atom. The molecular formula is C11H12F3N3O3. The number of carbonyl (C=O) groups is 2. The molecule has 0 atom stereocenters. The Bertz CT molecular complexity index is 491. The third kappa shape index (κ3) is 5.12. The summed E-state index contributed by atoms with van der Waals surface area (Å²) < 4.78 is 37.8. The van der Waals surface area contributed by atoms with Gasteiger partial charge < -0.3 is 15.7 Å². The van der Waals surface area contributed by atoms with Crippen LogP contribution in [0.3, 0.4) is 0 Å². The first kappa shape index (κ1) is 15.7. The van der Waals surface area contributed by atoms with Gasteiger partial charge in [0.25, 0.3) is 0 Å². The van der Waals surface area contributed by atoms with E-state index in [1.54, 1.807) is 0 Å². The van der Waals surface area contributed by atoms with Gasteiger partial charge in [-0.3, -0.25) is 4.79 Å². The Morgan fingerprint density at radius 2 is 2.05 bits per heavy atom. The molecule has 20 heavy (non-hydrogen) atoms. The van der Waals surface area contributed by atoms with Crippen molar-refractivity contribution in [2.45, 2.75) is 19.0 Å². The van der Waals surface area contributed by atoms with Gasteiger partial charge in [0.2, 0.25) is 0 Å². The van der Waals surface area contributed by atoms with Crippen LogP contribution in [0, 0.1) is 0 Å². The van der Waals surface area contributed by atoms with Gasteiger partial charge in [0.1, 0.15) is 0 Å². The van der Waals surface area contributed by atoms with Crippen LogP contribution in [0.25, 0.3) is 0 Å². The summed E-state index contributed by atoms with van der Waals surface area (Å²) in [5, 5.41) is 12.7. The predicted molar refractivity (Wildman–Crippen MR) is 63.1 cm³/mol. The zero-order chi connectivity index (χ0) is 15.2. The van der Waals surface area contributed by atoms with Gasteiger partial charge in [-0.25, -0.2) is 9.78 Å². The molecule has 0 saturated heterocycles. The maximum absolute atomic E-state index is 12.6. The summed E-state index contributed by atoms with van der Waals surface area (Å²) in [5.41, 5.74) is -1.66. The van der Waals surface area contributed by atoms with Crippen LogP contribution < -0.4 is 10.6 Å². The molecule has 0 saturated carbocycles. The van der Waals surface area contributed by atoms with E-state index in [9.17, 15) is 22.8 Å². The summed E-state index contributed by atoms with van der Waals surface area (Å²) in [6.07, 6.45) is -3.66. The maximum atomic E-state index is 12.6. The SMILES string of the molecule is O=C(O)CCCNC(=O)Nc1cccnc1C(F)(F)F. The molecule has 0 aliphatic rings. The van der Waals surface area contributed by atoms with E-state index in [0.29, 0.717) is 0 Å². The second-order valence-electron chi connectivity index (χ2n) is 3.78. The first-order valence-corrected chi connectivity index (χ1v) is 5.59. The van der Waals surface area contributed by atoms with E-state index in [1.807, 2.05) is 5.32 Å². The van der Waals surface area contributed by atoms with Crippen molar-refractivity contribution in [3.8, 4) is 0 Å². The Balaban J connectivity index is 2.56. The van der Waals surface area contributed by atoms with Gasteiger partial charge in [0.05, 0.1) is 5.69 Å². The van der Waals surface area contributed by atoms with Crippen molar-refractivity contribution in [1.82, 2.24) is 10.3 Å². The summed E-state index contributed by atoms with van der Waals surface area (Å²) in [5.74, 6) is -1.01. The Kier molecular flexibility index (Phi) is 5.30. The van der Waals surface area contributed by atoms with Gasteiger partial charge in [0.15, 0.2) is 5.69 Å². The van der Waals surface area contributed by atoms with Gasteiger partial charge in [-0.05, 0) is 18.6 Å². The lowest BCUT2D eigenvalue weighted by Gasteiger charge is -2.12. The lowest BCUT2D eigenvalue weighted by Crippen LogP contribution is -2.30. The Hall–Kier alpha value is -2.32. The number of nitrogens with one attached hydrogen (secondary N) is 2. The van der Waals surface area contributed by atoms with E-state index in [-0.39, 0.29) is 19.4 Å². The smallest absolute Gasteiger partial charge is 0.435 e. The van der Waals surface area contributed by atoms with E-state index < -0.39 is 29.6 Å². The number of amides is 2. The number of rotatable bonds is 5. The van der Waals surface area contributed by atoms with Gasteiger partial charge in [0, 0.05) is 19.2 Å². The van der Waals surface area contributed by atoms with E-state index in [2.05, 4.69) is 10.3 Å². The average Bonchev–Trinajstić information content (AvgIpc) is 2.34. The third-order valence-electron chi connectivity index (χ3n) is 2.18. The van der Waals surface area contributed by atoms with E-state index in [1.165, 1.54) is 6.07 Å². The Labute approximate surface area is 112 Å². The normalized spacial score (nSPS) is 10.9. The number of carbonyl (C=O) groups excluding carboxylic acids is 1. The minimum absolute atomic E-state index is 0.0414. The van der Waals surface area contributed by atoms with Crippen molar-refractivity contribution in [3.05, 3.63) is 24.0 Å². The first-order valence-electron chi connectivity index (χ1n) is 5.59. The maximum Gasteiger partial charge on any atom is 0.435 e. The van der Waals surface area contributed by atoms with E-state index >= 15 is 0 Å². The van der Waals surface area contributed by atoms with Crippen molar-refractivity contribution in [3.63, 3.8) is 0 Å². The molecule has 3 N–H and O–H groups in total. The Morgan fingerprint density at radius 3 is 2.65 bits per heavy atom. The lowest BCUT2D eigenvalue weighted by atomic mass is 10.3. The molecule has 1 rings (SSSR count). The highest BCUT2D eigenvalue weighted by Crippen LogP contribution is 2.32. The molecule has 0 aliphatic carbocycles. The second-order valence-corrected chi connectivity index (χ2v) is 3.78. The van der Waals surface area contributed by atoms with Gasteiger partial charge in [-0.1, -0.05) is 0 Å². The topological polar surface area (TPSA) is 91.3 Å². The van der Waals surface area contributed by atoms with Gasteiger partial charge >= 0.3 is 18.2 Å². The number of halogens is 3. The largest absolute Gasteiger partial charge is 0.481 e. The summed E-state index contributed by atoms with van der Waals surface area (Å²) in [6, 6.07) is 1.48. The zero-order valence-electron chi connectivity index (χ0n) is 10.2. The second kappa shape index (κ2) is 6.73. The summed E-state index contributed by atoms with van der Waals surface area (Å²) in [6.45, 7) is 0.0414. The molecule has 0 aromatic carbocycles. The van der Waals surface area contributed by atoms with Crippen LogP contribution in [0.5, 0.6) is 0 Å². The van der Waals surface area contributed by atoms with E-state index in [4.69, 9.17) is 5.11 Å². The molecule has 0 fully saturated rings. The van der Waals surface area contributed by atoms with Crippen molar-refractivity contribution in [1.29, 1.82) is 0 Å². The molecule has 2 amide bonds. The van der Waals surface area contributed by atoms with Crippen molar-refractivity contribution >= 4 is 17.7 Å². The number of pyridine rings is 1. The summed E-state index contributed by atoms with van der Waals surface area (Å²) >= 11 is 0. The third-order valence-corrected chi connectivity index (χ3v) is 2.18. The molecule has 0 bridgehead atoms. The molecular weight excluding hydrogens is 279 g/mol. The van der Waals surface area contributed by atoms with Crippen LogP contribution in [-0.4, -0.2) is 28.6 Å². The number of aromatic nitrogens is 1. The number of hydrogen-bond acceptors (Lipinski definition) is 3. The van der Waals surface area contributed by atoms with Crippen molar-refractivity contribution < 1.29 is 27.9 Å². The molecule has 110 valence electrons.